The van der Waals surface area contributed by atoms with Crippen LogP contribution in [0.5, 0.6) is 0 Å². The maximum absolute atomic E-state index is 13.7. The van der Waals surface area contributed by atoms with Gasteiger partial charge in [-0.25, -0.2) is 9.18 Å². The van der Waals surface area contributed by atoms with Crippen LogP contribution >= 0.6 is 0 Å². The summed E-state index contributed by atoms with van der Waals surface area (Å²) < 4.78 is 18.7. The van der Waals surface area contributed by atoms with Crippen molar-refractivity contribution >= 4 is 35.5 Å². The summed E-state index contributed by atoms with van der Waals surface area (Å²) in [6.45, 7) is 0. The standard InChI is InChI=1S/C15H9FN2O3.Na.H/c16-12-7-2-1-6-11(12)14-17-13(18-21-14)9-4-3-5-10(8-9)15(19)20;;/h1-8H,(H,19,20);;. The second-order valence-electron chi connectivity index (χ2n) is 4.29. The predicted molar refractivity (Wildman–Crippen MR) is 79.2 cm³/mol. The van der Waals surface area contributed by atoms with Crippen LogP contribution in [0.4, 0.5) is 4.39 Å². The molecule has 0 atom stereocenters. The number of aromatic nitrogens is 2. The molecule has 0 aliphatic rings. The first-order chi connectivity index (χ1) is 10.1. The molecular weight excluding hydrogens is 298 g/mol. The van der Waals surface area contributed by atoms with Gasteiger partial charge in [0, 0.05) is 5.56 Å². The van der Waals surface area contributed by atoms with Gasteiger partial charge in [-0.05, 0) is 24.3 Å². The number of nitrogens with zero attached hydrogens (tertiary/aromatic N) is 2. The van der Waals surface area contributed by atoms with Crippen LogP contribution in [-0.2, 0) is 0 Å². The van der Waals surface area contributed by atoms with Crippen molar-refractivity contribution in [2.24, 2.45) is 0 Å². The molecule has 0 bridgehead atoms. The fraction of sp³-hybridized carbons (Fsp3) is 0. The van der Waals surface area contributed by atoms with E-state index in [1.54, 1.807) is 24.3 Å². The van der Waals surface area contributed by atoms with Gasteiger partial charge in [0.05, 0.1) is 11.1 Å². The molecule has 1 heterocycles. The van der Waals surface area contributed by atoms with Gasteiger partial charge in [0.2, 0.25) is 5.82 Å². The number of carboxylic acids is 1. The molecule has 2 aromatic carbocycles. The fourth-order valence-electron chi connectivity index (χ4n) is 1.88. The second kappa shape index (κ2) is 6.83. The molecule has 0 saturated carbocycles. The molecule has 0 saturated heterocycles. The van der Waals surface area contributed by atoms with Crippen molar-refractivity contribution < 1.29 is 18.8 Å². The molecule has 0 fully saturated rings. The zero-order valence-electron chi connectivity index (χ0n) is 10.7. The Kier molecular flexibility index (Phi) is 5.07. The molecule has 1 aromatic heterocycles. The van der Waals surface area contributed by atoms with Gasteiger partial charge in [0.15, 0.2) is 0 Å². The Morgan fingerprint density at radius 3 is 2.64 bits per heavy atom. The molecule has 0 spiro atoms. The average Bonchev–Trinajstić information content (AvgIpc) is 2.97. The Morgan fingerprint density at radius 1 is 1.14 bits per heavy atom. The molecular formula is C15H10FN2NaO3. The number of benzene rings is 2. The molecule has 1 N–H and O–H groups in total. The first-order valence-electron chi connectivity index (χ1n) is 6.07. The Bertz CT molecular complexity index is 820. The number of aromatic carboxylic acids is 1. The van der Waals surface area contributed by atoms with Gasteiger partial charge in [0.25, 0.3) is 5.89 Å². The van der Waals surface area contributed by atoms with Crippen molar-refractivity contribution in [3.63, 3.8) is 0 Å². The van der Waals surface area contributed by atoms with Gasteiger partial charge in [-0.15, -0.1) is 0 Å². The van der Waals surface area contributed by atoms with Crippen molar-refractivity contribution in [3.05, 3.63) is 59.9 Å². The molecule has 5 nitrogen and oxygen atoms in total. The summed E-state index contributed by atoms with van der Waals surface area (Å²) >= 11 is 0. The van der Waals surface area contributed by atoms with E-state index in [1.807, 2.05) is 0 Å². The van der Waals surface area contributed by atoms with Crippen LogP contribution in [0, 0.1) is 5.82 Å². The van der Waals surface area contributed by atoms with E-state index in [0.717, 1.165) is 0 Å². The minimum absolute atomic E-state index is 0. The number of rotatable bonds is 3. The maximum atomic E-state index is 13.7. The van der Waals surface area contributed by atoms with Gasteiger partial charge in [0.1, 0.15) is 5.82 Å². The Hall–Kier alpha value is -2.02. The van der Waals surface area contributed by atoms with E-state index in [0.29, 0.717) is 5.56 Å². The van der Waals surface area contributed by atoms with Gasteiger partial charge in [-0.1, -0.05) is 29.4 Å². The zero-order valence-corrected chi connectivity index (χ0v) is 10.7. The van der Waals surface area contributed by atoms with Gasteiger partial charge in [-0.2, -0.15) is 4.98 Å². The van der Waals surface area contributed by atoms with Gasteiger partial charge >= 0.3 is 35.5 Å². The van der Waals surface area contributed by atoms with Gasteiger partial charge < -0.3 is 9.63 Å². The van der Waals surface area contributed by atoms with E-state index >= 15 is 0 Å². The number of halogens is 1. The number of hydrogen-bond donors (Lipinski definition) is 1. The van der Waals surface area contributed by atoms with Gasteiger partial charge in [-0.3, -0.25) is 0 Å². The molecule has 0 amide bonds. The summed E-state index contributed by atoms with van der Waals surface area (Å²) in [7, 11) is 0. The Labute approximate surface area is 147 Å². The van der Waals surface area contributed by atoms with E-state index in [4.69, 9.17) is 9.63 Å². The first kappa shape index (κ1) is 16.4. The summed E-state index contributed by atoms with van der Waals surface area (Å²) in [4.78, 5) is 15.0. The predicted octanol–water partition coefficient (Wildman–Crippen LogP) is 2.59. The summed E-state index contributed by atoms with van der Waals surface area (Å²) in [5.74, 6) is -1.26. The summed E-state index contributed by atoms with van der Waals surface area (Å²) in [5, 5.41) is 12.7. The van der Waals surface area contributed by atoms with Crippen molar-refractivity contribution in [1.82, 2.24) is 10.1 Å². The third-order valence-electron chi connectivity index (χ3n) is 2.90. The SMILES string of the molecule is O=C(O)c1cccc(-c2noc(-c3ccccc3F)n2)c1.[NaH]. The third-order valence-corrected chi connectivity index (χ3v) is 2.90. The summed E-state index contributed by atoms with van der Waals surface area (Å²) in [6.07, 6.45) is 0. The normalized spacial score (nSPS) is 10.0. The van der Waals surface area contributed by atoms with Crippen molar-refractivity contribution in [3.8, 4) is 22.8 Å². The van der Waals surface area contributed by atoms with Crippen molar-refractivity contribution in [2.75, 3.05) is 0 Å². The van der Waals surface area contributed by atoms with Crippen LogP contribution in [0.2, 0.25) is 0 Å². The fourth-order valence-corrected chi connectivity index (χ4v) is 1.88. The molecule has 0 aliphatic heterocycles. The number of carboxylic acid groups (broad SMARTS) is 1. The number of hydrogen-bond acceptors (Lipinski definition) is 4. The third kappa shape index (κ3) is 3.24. The molecule has 3 aromatic rings. The van der Waals surface area contributed by atoms with Crippen LogP contribution in [0.1, 0.15) is 10.4 Å². The molecule has 3 rings (SSSR count). The van der Waals surface area contributed by atoms with Crippen LogP contribution < -0.4 is 0 Å². The molecule has 0 radical (unpaired) electrons. The summed E-state index contributed by atoms with van der Waals surface area (Å²) in [5.41, 5.74) is 0.802. The zero-order chi connectivity index (χ0) is 14.8. The van der Waals surface area contributed by atoms with Crippen LogP contribution in [0.25, 0.3) is 22.8 Å². The Balaban J connectivity index is 0.00000176. The van der Waals surface area contributed by atoms with E-state index in [9.17, 15) is 9.18 Å². The molecule has 106 valence electrons. The molecule has 0 aliphatic carbocycles. The number of carbonyl (C=O) groups is 1. The minimum atomic E-state index is -1.05. The van der Waals surface area contributed by atoms with E-state index in [1.165, 1.54) is 24.3 Å². The van der Waals surface area contributed by atoms with Crippen LogP contribution in [0.3, 0.4) is 0 Å². The van der Waals surface area contributed by atoms with Crippen molar-refractivity contribution in [1.29, 1.82) is 0 Å². The van der Waals surface area contributed by atoms with E-state index < -0.39 is 11.8 Å². The first-order valence-corrected chi connectivity index (χ1v) is 6.07. The molecule has 7 heteroatoms. The monoisotopic (exact) mass is 308 g/mol. The topological polar surface area (TPSA) is 76.2 Å². The van der Waals surface area contributed by atoms with E-state index in [-0.39, 0.29) is 52.4 Å². The molecule has 0 unspecified atom stereocenters. The Morgan fingerprint density at radius 2 is 1.91 bits per heavy atom. The molecule has 22 heavy (non-hydrogen) atoms. The quantitative estimate of drug-likeness (QED) is 0.753. The second-order valence-corrected chi connectivity index (χ2v) is 4.29. The van der Waals surface area contributed by atoms with E-state index in [2.05, 4.69) is 10.1 Å². The summed E-state index contributed by atoms with van der Waals surface area (Å²) in [6, 6.07) is 12.2. The van der Waals surface area contributed by atoms with Crippen molar-refractivity contribution in [2.45, 2.75) is 0 Å². The average molecular weight is 308 g/mol. The van der Waals surface area contributed by atoms with Crippen LogP contribution in [-0.4, -0.2) is 50.8 Å². The van der Waals surface area contributed by atoms with Crippen LogP contribution in [0.15, 0.2) is 53.1 Å².